The molecule has 1 aliphatic rings. The summed E-state index contributed by atoms with van der Waals surface area (Å²) in [7, 11) is 0. The van der Waals surface area contributed by atoms with Gasteiger partial charge in [0.15, 0.2) is 0 Å². The summed E-state index contributed by atoms with van der Waals surface area (Å²) in [5.74, 6) is -0.283. The largest absolute Gasteiger partial charge is 0.391 e. The van der Waals surface area contributed by atoms with Crippen LogP contribution in [0.3, 0.4) is 0 Å². The van der Waals surface area contributed by atoms with Crippen LogP contribution in [0.15, 0.2) is 54.7 Å². The van der Waals surface area contributed by atoms with Crippen molar-refractivity contribution in [2.75, 3.05) is 0 Å². The van der Waals surface area contributed by atoms with Gasteiger partial charge >= 0.3 is 0 Å². The van der Waals surface area contributed by atoms with Crippen LogP contribution >= 0.6 is 0 Å². The van der Waals surface area contributed by atoms with E-state index in [1.807, 2.05) is 24.3 Å². The summed E-state index contributed by atoms with van der Waals surface area (Å²) < 4.78 is 14.0. The molecule has 0 fully saturated rings. The number of rotatable bonds is 4. The molecule has 0 spiro atoms. The molecule has 0 aliphatic heterocycles. The van der Waals surface area contributed by atoms with Gasteiger partial charge in [0.25, 0.3) is 0 Å². The highest BCUT2D eigenvalue weighted by molar-refractivity contribution is 5.63. The van der Waals surface area contributed by atoms with E-state index < -0.39 is 6.10 Å². The Morgan fingerprint density at radius 2 is 1.96 bits per heavy atom. The van der Waals surface area contributed by atoms with E-state index in [1.54, 1.807) is 24.4 Å². The lowest BCUT2D eigenvalue weighted by atomic mass is 10.1. The normalized spacial score (nSPS) is 19.4. The number of fused-ring (bicyclic) bond motifs is 1. The number of hydrogen-bond donors (Lipinski definition) is 3. The Balaban J connectivity index is 1.56. The van der Waals surface area contributed by atoms with E-state index in [1.165, 1.54) is 11.6 Å². The molecule has 122 valence electrons. The molecule has 0 radical (unpaired) electrons. The zero-order chi connectivity index (χ0) is 16.5. The Morgan fingerprint density at radius 3 is 2.83 bits per heavy atom. The highest BCUT2D eigenvalue weighted by Crippen LogP contribution is 2.32. The van der Waals surface area contributed by atoms with Crippen molar-refractivity contribution in [2.24, 2.45) is 0 Å². The van der Waals surface area contributed by atoms with Gasteiger partial charge in [-0.05, 0) is 23.3 Å². The molecule has 0 amide bonds. The number of aromatic nitrogens is 2. The number of benzene rings is 2. The first-order chi connectivity index (χ1) is 11.7. The van der Waals surface area contributed by atoms with Crippen LogP contribution in [0.25, 0.3) is 11.3 Å². The van der Waals surface area contributed by atoms with Gasteiger partial charge in [0.05, 0.1) is 24.0 Å². The molecule has 4 rings (SSSR count). The third-order valence-corrected chi connectivity index (χ3v) is 4.58. The van der Waals surface area contributed by atoms with Crippen LogP contribution in [0.4, 0.5) is 4.39 Å². The molecule has 2 aromatic carbocycles. The molecule has 1 aromatic heterocycles. The zero-order valence-corrected chi connectivity index (χ0v) is 13.0. The Labute approximate surface area is 139 Å². The predicted octanol–water partition coefficient (Wildman–Crippen LogP) is 2.96. The number of halogens is 1. The van der Waals surface area contributed by atoms with Gasteiger partial charge in [-0.25, -0.2) is 4.39 Å². The monoisotopic (exact) mass is 323 g/mol. The van der Waals surface area contributed by atoms with Crippen molar-refractivity contribution in [2.45, 2.75) is 25.1 Å². The summed E-state index contributed by atoms with van der Waals surface area (Å²) in [6, 6.07) is 14.6. The molecule has 1 aliphatic carbocycles. The number of aromatic amines is 1. The number of aliphatic hydroxyl groups is 1. The summed E-state index contributed by atoms with van der Waals surface area (Å²) in [6.45, 7) is 0.496. The smallest absolute Gasteiger partial charge is 0.132 e. The van der Waals surface area contributed by atoms with Gasteiger partial charge in [-0.1, -0.05) is 36.4 Å². The SMILES string of the molecule is O[C@H]1Cc2ccccc2[C@H]1NCc1cn[nH]c1-c1ccccc1F. The topological polar surface area (TPSA) is 60.9 Å². The number of aliphatic hydroxyl groups excluding tert-OH is 1. The van der Waals surface area contributed by atoms with E-state index >= 15 is 0 Å². The number of nitrogens with zero attached hydrogens (tertiary/aromatic N) is 1. The summed E-state index contributed by atoms with van der Waals surface area (Å²) >= 11 is 0. The maximum absolute atomic E-state index is 14.0. The lowest BCUT2D eigenvalue weighted by Gasteiger charge is -2.18. The van der Waals surface area contributed by atoms with Crippen LogP contribution in [0.2, 0.25) is 0 Å². The van der Waals surface area contributed by atoms with Crippen molar-refractivity contribution in [3.63, 3.8) is 0 Å². The fourth-order valence-corrected chi connectivity index (χ4v) is 3.38. The van der Waals surface area contributed by atoms with E-state index in [0.29, 0.717) is 24.2 Å². The van der Waals surface area contributed by atoms with Crippen LogP contribution in [0, 0.1) is 5.82 Å². The van der Waals surface area contributed by atoms with Gasteiger partial charge in [0.1, 0.15) is 5.82 Å². The Hall–Kier alpha value is -2.50. The molecule has 0 bridgehead atoms. The Kier molecular flexibility index (Phi) is 3.88. The minimum Gasteiger partial charge on any atom is -0.391 e. The summed E-state index contributed by atoms with van der Waals surface area (Å²) in [5.41, 5.74) is 4.34. The van der Waals surface area contributed by atoms with Crippen LogP contribution < -0.4 is 5.32 Å². The molecule has 4 nitrogen and oxygen atoms in total. The van der Waals surface area contributed by atoms with E-state index in [4.69, 9.17) is 0 Å². The van der Waals surface area contributed by atoms with E-state index in [-0.39, 0.29) is 11.9 Å². The van der Waals surface area contributed by atoms with E-state index in [9.17, 15) is 9.50 Å². The van der Waals surface area contributed by atoms with Crippen molar-refractivity contribution in [3.05, 3.63) is 77.2 Å². The maximum atomic E-state index is 14.0. The molecule has 5 heteroatoms. The quantitative estimate of drug-likeness (QED) is 0.692. The highest BCUT2D eigenvalue weighted by Gasteiger charge is 2.30. The third kappa shape index (κ3) is 2.62. The fourth-order valence-electron chi connectivity index (χ4n) is 3.38. The van der Waals surface area contributed by atoms with Gasteiger partial charge in [-0.2, -0.15) is 5.10 Å². The van der Waals surface area contributed by atoms with Crippen molar-refractivity contribution in [1.82, 2.24) is 15.5 Å². The average Bonchev–Trinajstić information content (AvgIpc) is 3.17. The van der Waals surface area contributed by atoms with Crippen LogP contribution in [-0.2, 0) is 13.0 Å². The maximum Gasteiger partial charge on any atom is 0.132 e. The van der Waals surface area contributed by atoms with Crippen molar-refractivity contribution >= 4 is 0 Å². The molecule has 24 heavy (non-hydrogen) atoms. The van der Waals surface area contributed by atoms with Crippen LogP contribution in [-0.4, -0.2) is 21.4 Å². The number of hydrogen-bond acceptors (Lipinski definition) is 3. The molecule has 3 aromatic rings. The van der Waals surface area contributed by atoms with E-state index in [0.717, 1.165) is 11.1 Å². The minimum absolute atomic E-state index is 0.121. The molecule has 2 atom stereocenters. The first kappa shape index (κ1) is 15.1. The highest BCUT2D eigenvalue weighted by atomic mass is 19.1. The second-order valence-corrected chi connectivity index (χ2v) is 6.08. The first-order valence-corrected chi connectivity index (χ1v) is 8.00. The zero-order valence-electron chi connectivity index (χ0n) is 13.0. The van der Waals surface area contributed by atoms with Crippen molar-refractivity contribution in [1.29, 1.82) is 0 Å². The second-order valence-electron chi connectivity index (χ2n) is 6.08. The van der Waals surface area contributed by atoms with Crippen molar-refractivity contribution < 1.29 is 9.50 Å². The Morgan fingerprint density at radius 1 is 1.17 bits per heavy atom. The Bertz CT molecular complexity index is 861. The predicted molar refractivity (Wildman–Crippen MR) is 89.7 cm³/mol. The summed E-state index contributed by atoms with van der Waals surface area (Å²) in [5, 5.41) is 20.6. The fraction of sp³-hybridized carbons (Fsp3) is 0.211. The first-order valence-electron chi connectivity index (χ1n) is 8.00. The van der Waals surface area contributed by atoms with Gasteiger partial charge in [0, 0.05) is 24.1 Å². The lowest BCUT2D eigenvalue weighted by Crippen LogP contribution is -2.28. The molecule has 0 unspecified atom stereocenters. The molecule has 3 N–H and O–H groups in total. The standard InChI is InChI=1S/C19H18FN3O/c20-16-8-4-3-7-15(16)18-13(11-22-23-18)10-21-19-14-6-2-1-5-12(14)9-17(19)24/h1-8,11,17,19,21,24H,9-10H2,(H,22,23)/t17-,19+/m0/s1. The lowest BCUT2D eigenvalue weighted by molar-refractivity contribution is 0.140. The van der Waals surface area contributed by atoms with Crippen LogP contribution in [0.1, 0.15) is 22.7 Å². The van der Waals surface area contributed by atoms with Crippen LogP contribution in [0.5, 0.6) is 0 Å². The molecule has 0 saturated carbocycles. The van der Waals surface area contributed by atoms with Gasteiger partial charge < -0.3 is 10.4 Å². The summed E-state index contributed by atoms with van der Waals surface area (Å²) in [6.07, 6.45) is 1.90. The van der Waals surface area contributed by atoms with Gasteiger partial charge in [-0.15, -0.1) is 0 Å². The third-order valence-electron chi connectivity index (χ3n) is 4.58. The number of nitrogens with one attached hydrogen (secondary N) is 2. The van der Waals surface area contributed by atoms with Gasteiger partial charge in [-0.3, -0.25) is 5.10 Å². The molecule has 1 heterocycles. The van der Waals surface area contributed by atoms with E-state index in [2.05, 4.69) is 15.5 Å². The molecular weight excluding hydrogens is 305 g/mol. The summed E-state index contributed by atoms with van der Waals surface area (Å²) in [4.78, 5) is 0. The molecule has 0 saturated heterocycles. The minimum atomic E-state index is -0.453. The number of H-pyrrole nitrogens is 1. The average molecular weight is 323 g/mol. The van der Waals surface area contributed by atoms with Gasteiger partial charge in [0.2, 0.25) is 0 Å². The van der Waals surface area contributed by atoms with Crippen molar-refractivity contribution in [3.8, 4) is 11.3 Å². The molecular formula is C19H18FN3O. The second kappa shape index (κ2) is 6.19.